The first-order valence-corrected chi connectivity index (χ1v) is 8.69. The minimum Gasteiger partial charge on any atom is -0.492 e. The topological polar surface area (TPSA) is 48.9 Å². The molecule has 0 radical (unpaired) electrons. The van der Waals surface area contributed by atoms with Gasteiger partial charge in [0.25, 0.3) is 0 Å². The molecule has 0 spiro atoms. The summed E-state index contributed by atoms with van der Waals surface area (Å²) >= 11 is 0. The van der Waals surface area contributed by atoms with E-state index in [9.17, 15) is 8.78 Å². The van der Waals surface area contributed by atoms with E-state index in [0.717, 1.165) is 31.2 Å². The highest BCUT2D eigenvalue weighted by Crippen LogP contribution is 2.18. The number of likely N-dealkylation sites (tertiary alicyclic amines) is 1. The Bertz CT molecular complexity index is 601. The molecule has 1 fully saturated rings. The zero-order valence-electron chi connectivity index (χ0n) is 15.8. The smallest absolute Gasteiger partial charge is 0.191 e. The van der Waals surface area contributed by atoms with E-state index in [1.807, 2.05) is 0 Å². The summed E-state index contributed by atoms with van der Waals surface area (Å²) in [5, 5.41) is 6.63. The molecule has 148 valence electrons. The van der Waals surface area contributed by atoms with Crippen molar-refractivity contribution in [3.8, 4) is 5.75 Å². The minimum absolute atomic E-state index is 0. The third-order valence-corrected chi connectivity index (χ3v) is 4.47. The normalized spacial score (nSPS) is 20.8. The van der Waals surface area contributed by atoms with E-state index in [-0.39, 0.29) is 24.0 Å². The standard InChI is InChI=1S/C18H28F2N4O.HI/c1-12(2)24-10-13(3)17(11-24)23-18(21-4)22-7-8-25-14-5-6-15(19)16(20)9-14;/h5-6,9,12-13,17H,7-8,10-11H2,1-4H3,(H2,21,22,23);1H. The second-order valence-electron chi connectivity index (χ2n) is 6.70. The second kappa shape index (κ2) is 10.9. The third kappa shape index (κ3) is 6.53. The summed E-state index contributed by atoms with van der Waals surface area (Å²) in [6, 6.07) is 4.39. The van der Waals surface area contributed by atoms with Crippen LogP contribution in [0, 0.1) is 17.6 Å². The lowest BCUT2D eigenvalue weighted by atomic mass is 10.1. The molecule has 1 heterocycles. The SMILES string of the molecule is CN=C(NCCOc1ccc(F)c(F)c1)NC1CN(C(C)C)CC1C.I. The largest absolute Gasteiger partial charge is 0.492 e. The van der Waals surface area contributed by atoms with Crippen LogP contribution in [0.5, 0.6) is 5.75 Å². The predicted molar refractivity (Wildman–Crippen MR) is 111 cm³/mol. The van der Waals surface area contributed by atoms with E-state index >= 15 is 0 Å². The van der Waals surface area contributed by atoms with E-state index < -0.39 is 11.6 Å². The van der Waals surface area contributed by atoms with Gasteiger partial charge < -0.3 is 15.4 Å². The molecule has 2 atom stereocenters. The van der Waals surface area contributed by atoms with E-state index in [2.05, 4.69) is 41.3 Å². The number of halogens is 3. The average Bonchev–Trinajstić information content (AvgIpc) is 2.94. The summed E-state index contributed by atoms with van der Waals surface area (Å²) in [6.45, 7) is 9.54. The number of nitrogens with zero attached hydrogens (tertiary/aromatic N) is 2. The number of rotatable bonds is 6. The van der Waals surface area contributed by atoms with Crippen LogP contribution >= 0.6 is 24.0 Å². The van der Waals surface area contributed by atoms with Crippen molar-refractivity contribution >= 4 is 29.9 Å². The number of ether oxygens (including phenoxy) is 1. The Hall–Kier alpha value is -1.16. The van der Waals surface area contributed by atoms with Gasteiger partial charge in [0.15, 0.2) is 17.6 Å². The van der Waals surface area contributed by atoms with E-state index in [4.69, 9.17) is 4.74 Å². The molecular weight excluding hydrogens is 453 g/mol. The van der Waals surface area contributed by atoms with E-state index in [0.29, 0.717) is 36.9 Å². The van der Waals surface area contributed by atoms with Crippen LogP contribution < -0.4 is 15.4 Å². The first-order chi connectivity index (χ1) is 11.9. The Kier molecular flexibility index (Phi) is 9.56. The highest BCUT2D eigenvalue weighted by Gasteiger charge is 2.31. The van der Waals surface area contributed by atoms with Gasteiger partial charge in [-0.2, -0.15) is 0 Å². The lowest BCUT2D eigenvalue weighted by Crippen LogP contribution is -2.47. The predicted octanol–water partition coefficient (Wildman–Crippen LogP) is 2.86. The monoisotopic (exact) mass is 482 g/mol. The maximum atomic E-state index is 13.1. The van der Waals surface area contributed by atoms with Crippen LogP contribution in [0.15, 0.2) is 23.2 Å². The van der Waals surface area contributed by atoms with Gasteiger partial charge in [-0.1, -0.05) is 6.92 Å². The van der Waals surface area contributed by atoms with Crippen LogP contribution in [0.2, 0.25) is 0 Å². The molecule has 1 aromatic carbocycles. The first kappa shape index (κ1) is 22.9. The molecule has 2 rings (SSSR count). The van der Waals surface area contributed by atoms with Crippen molar-refractivity contribution in [2.45, 2.75) is 32.9 Å². The lowest BCUT2D eigenvalue weighted by Gasteiger charge is -2.22. The fraction of sp³-hybridized carbons (Fsp3) is 0.611. The minimum atomic E-state index is -0.909. The fourth-order valence-corrected chi connectivity index (χ4v) is 2.89. The fourth-order valence-electron chi connectivity index (χ4n) is 2.89. The maximum absolute atomic E-state index is 13.1. The number of hydrogen-bond donors (Lipinski definition) is 2. The summed E-state index contributed by atoms with van der Waals surface area (Å²) in [4.78, 5) is 6.68. The van der Waals surface area contributed by atoms with Crippen LogP contribution in [-0.4, -0.2) is 56.2 Å². The van der Waals surface area contributed by atoms with Gasteiger partial charge in [0.1, 0.15) is 12.4 Å². The molecule has 26 heavy (non-hydrogen) atoms. The van der Waals surface area contributed by atoms with Gasteiger partial charge in [0.05, 0.1) is 6.54 Å². The van der Waals surface area contributed by atoms with Crippen molar-refractivity contribution in [1.82, 2.24) is 15.5 Å². The highest BCUT2D eigenvalue weighted by molar-refractivity contribution is 14.0. The zero-order valence-corrected chi connectivity index (χ0v) is 18.1. The van der Waals surface area contributed by atoms with Gasteiger partial charge in [-0.3, -0.25) is 9.89 Å². The molecule has 0 aliphatic carbocycles. The van der Waals surface area contributed by atoms with Crippen molar-refractivity contribution in [3.05, 3.63) is 29.8 Å². The molecule has 1 aromatic rings. The molecule has 0 amide bonds. The van der Waals surface area contributed by atoms with Crippen LogP contribution in [0.4, 0.5) is 8.78 Å². The molecule has 8 heteroatoms. The van der Waals surface area contributed by atoms with Gasteiger partial charge in [-0.05, 0) is 31.9 Å². The molecule has 0 bridgehead atoms. The number of guanidine groups is 1. The van der Waals surface area contributed by atoms with Crippen molar-refractivity contribution in [3.63, 3.8) is 0 Å². The van der Waals surface area contributed by atoms with Crippen molar-refractivity contribution < 1.29 is 13.5 Å². The first-order valence-electron chi connectivity index (χ1n) is 8.69. The van der Waals surface area contributed by atoms with E-state index in [1.54, 1.807) is 7.05 Å². The van der Waals surface area contributed by atoms with Gasteiger partial charge >= 0.3 is 0 Å². The molecule has 5 nitrogen and oxygen atoms in total. The third-order valence-electron chi connectivity index (χ3n) is 4.47. The summed E-state index contributed by atoms with van der Waals surface area (Å²) in [6.07, 6.45) is 0. The number of nitrogens with one attached hydrogen (secondary N) is 2. The molecule has 0 saturated carbocycles. The Balaban J connectivity index is 0.00000338. The molecule has 0 aromatic heterocycles. The molecule has 1 aliphatic heterocycles. The number of hydrogen-bond acceptors (Lipinski definition) is 3. The van der Waals surface area contributed by atoms with Crippen molar-refractivity contribution in [2.75, 3.05) is 33.3 Å². The van der Waals surface area contributed by atoms with Gasteiger partial charge in [-0.15, -0.1) is 24.0 Å². The van der Waals surface area contributed by atoms with Crippen LogP contribution in [0.1, 0.15) is 20.8 Å². The van der Waals surface area contributed by atoms with Crippen LogP contribution in [0.25, 0.3) is 0 Å². The molecule has 2 N–H and O–H groups in total. The molecule has 2 unspecified atom stereocenters. The molecule has 1 saturated heterocycles. The summed E-state index contributed by atoms with van der Waals surface area (Å²) in [5.41, 5.74) is 0. The summed E-state index contributed by atoms with van der Waals surface area (Å²) < 4.78 is 31.4. The van der Waals surface area contributed by atoms with Gasteiger partial charge in [-0.25, -0.2) is 8.78 Å². The van der Waals surface area contributed by atoms with Crippen LogP contribution in [0.3, 0.4) is 0 Å². The quantitative estimate of drug-likeness (QED) is 0.284. The Morgan fingerprint density at radius 2 is 2.04 bits per heavy atom. The highest BCUT2D eigenvalue weighted by atomic mass is 127. The zero-order chi connectivity index (χ0) is 18.4. The van der Waals surface area contributed by atoms with E-state index in [1.165, 1.54) is 6.07 Å². The van der Waals surface area contributed by atoms with Crippen molar-refractivity contribution in [2.24, 2.45) is 10.9 Å². The molecular formula is C18H29F2IN4O. The van der Waals surface area contributed by atoms with Gasteiger partial charge in [0, 0.05) is 38.3 Å². The average molecular weight is 482 g/mol. The lowest BCUT2D eigenvalue weighted by molar-refractivity contribution is 0.265. The Morgan fingerprint density at radius 1 is 1.31 bits per heavy atom. The summed E-state index contributed by atoms with van der Waals surface area (Å²) in [5.74, 6) is -0.222. The summed E-state index contributed by atoms with van der Waals surface area (Å²) in [7, 11) is 1.73. The second-order valence-corrected chi connectivity index (χ2v) is 6.70. The Morgan fingerprint density at radius 3 is 2.62 bits per heavy atom. The van der Waals surface area contributed by atoms with Crippen LogP contribution in [-0.2, 0) is 0 Å². The van der Waals surface area contributed by atoms with Gasteiger partial charge in [0.2, 0.25) is 0 Å². The molecule has 1 aliphatic rings. The maximum Gasteiger partial charge on any atom is 0.191 e. The van der Waals surface area contributed by atoms with Crippen molar-refractivity contribution in [1.29, 1.82) is 0 Å². The number of aliphatic imine (C=N–C) groups is 1. The number of benzene rings is 1. The Labute approximate surface area is 171 Å².